The molecule has 109 heavy (non-hydrogen) atoms. The first-order chi connectivity index (χ1) is 50.2. The molecule has 28 heteroatoms. The number of benzene rings is 1. The molecule has 0 fully saturated rings. The van der Waals surface area contributed by atoms with Gasteiger partial charge in [-0.3, -0.25) is 9.69 Å². The zero-order valence-corrected chi connectivity index (χ0v) is 75.8. The normalized spacial score (nSPS) is 19.8. The van der Waals surface area contributed by atoms with E-state index in [0.717, 1.165) is 94.8 Å². The van der Waals surface area contributed by atoms with E-state index in [1.807, 2.05) is 56.2 Å². The Morgan fingerprint density at radius 2 is 0.661 bits per heavy atom. The van der Waals surface area contributed by atoms with Crippen LogP contribution in [0.4, 0.5) is 9.59 Å². The van der Waals surface area contributed by atoms with Gasteiger partial charge < -0.3 is 29.4 Å². The molecule has 0 aromatic heterocycles. The number of sulfonamides is 2. The summed E-state index contributed by atoms with van der Waals surface area (Å²) in [6.45, 7) is 54.6. The minimum absolute atomic E-state index is 0.103. The zero-order valence-electron chi connectivity index (χ0n) is 72.6. The first-order valence-electron chi connectivity index (χ1n) is 38.0. The van der Waals surface area contributed by atoms with E-state index in [-0.39, 0.29) is 18.0 Å². The molecule has 5 amide bonds. The number of urea groups is 2. The second-order valence-electron chi connectivity index (χ2n) is 31.8. The summed E-state index contributed by atoms with van der Waals surface area (Å²) in [6.07, 6.45) is 8.79. The van der Waals surface area contributed by atoms with Crippen LogP contribution in [0, 0.1) is 0 Å². The molecule has 9 aliphatic rings. The van der Waals surface area contributed by atoms with Crippen LogP contribution in [0.15, 0.2) is 131 Å². The summed E-state index contributed by atoms with van der Waals surface area (Å²) in [5.74, 6) is 0.192. The lowest BCUT2D eigenvalue weighted by molar-refractivity contribution is -0.128. The number of amides is 5. The third-order valence-electron chi connectivity index (χ3n) is 21.7. The fourth-order valence-corrected chi connectivity index (χ4v) is 16.1. The smallest absolute Gasteiger partial charge is 0.320 e. The van der Waals surface area contributed by atoms with Crippen LogP contribution in [0.5, 0.6) is 0 Å². The average molecular weight is 1600 g/mol. The van der Waals surface area contributed by atoms with E-state index in [0.29, 0.717) is 52.4 Å². The Hall–Kier alpha value is -5.63. The molecule has 9 heterocycles. The van der Waals surface area contributed by atoms with Crippen molar-refractivity contribution in [1.82, 2.24) is 60.5 Å². The van der Waals surface area contributed by atoms with Gasteiger partial charge in [-0.15, -0.1) is 0 Å². The predicted octanol–water partition coefficient (Wildman–Crippen LogP) is 12.0. The third-order valence-corrected chi connectivity index (χ3v) is 27.5. The Bertz CT molecular complexity index is 3990. The fourth-order valence-electron chi connectivity index (χ4n) is 12.2. The molecule has 0 spiro atoms. The van der Waals surface area contributed by atoms with Gasteiger partial charge in [-0.05, 0) is 176 Å². The molecular formula is C81H143N13O11S4. The molecule has 0 unspecified atom stereocenters. The van der Waals surface area contributed by atoms with Crippen molar-refractivity contribution in [2.24, 2.45) is 0 Å². The minimum Gasteiger partial charge on any atom is -0.339 e. The van der Waals surface area contributed by atoms with Crippen LogP contribution in [0.1, 0.15) is 176 Å². The molecule has 1 aromatic rings. The van der Waals surface area contributed by atoms with Crippen molar-refractivity contribution in [3.8, 4) is 0 Å². The van der Waals surface area contributed by atoms with Crippen molar-refractivity contribution >= 4 is 58.4 Å². The van der Waals surface area contributed by atoms with Gasteiger partial charge in [0.2, 0.25) is 26.0 Å². The summed E-state index contributed by atoms with van der Waals surface area (Å²) in [4.78, 5) is 47.8. The zero-order chi connectivity index (χ0) is 83.6. The average Bonchev–Trinajstić information content (AvgIpc) is 1.77. The highest BCUT2D eigenvalue weighted by Crippen LogP contribution is 2.25. The maximum absolute atomic E-state index is 11.6. The molecule has 1 N–H and O–H groups in total. The maximum atomic E-state index is 11.6. The summed E-state index contributed by atoms with van der Waals surface area (Å²) in [5.41, 5.74) is 25.6. The predicted molar refractivity (Wildman–Crippen MR) is 452 cm³/mol. The van der Waals surface area contributed by atoms with Crippen LogP contribution in [0.25, 0.3) is 0 Å². The summed E-state index contributed by atoms with van der Waals surface area (Å²) in [7, 11) is 1.47. The van der Waals surface area contributed by atoms with Gasteiger partial charge in [0.05, 0.1) is 12.5 Å². The monoisotopic (exact) mass is 1600 g/mol. The van der Waals surface area contributed by atoms with E-state index in [4.69, 9.17) is 0 Å². The molecule has 10 rings (SSSR count). The molecule has 0 atom stereocenters. The molecule has 0 saturated heterocycles. The van der Waals surface area contributed by atoms with Crippen molar-refractivity contribution in [3.63, 3.8) is 0 Å². The highest BCUT2D eigenvalue weighted by Gasteiger charge is 2.31. The minimum atomic E-state index is -3.23. The first kappa shape index (κ1) is 99.4. The standard InChI is InChI=1S/C14H19N.C10H18N2O.C9H16N2O.C9H15NO.2C8H16N2O2S.C8H15NO2S.C8H15N.C7H13NO2S/c1-12-8-9-15(10-13(12)2)11-14-6-4-3-5-7-14;1-8-5-6-12(7-9(8)2)10(13)11(3)4;1-7-5-11(6-8(7)2)9(12)10(3)4;1-7-4-5-10(9(3)11)6-8(7)2;1-7-5-10(6-8(7)2)13(11,12)9(3)4;1-7-4-5-10(6-8(7)2)13(11,12)9-3;1-7-4-5-9(6-8(7)2)12(3,10)11;1-7-4-5-9(3)6-8(7)2;1-6-4-8(5-7(6)2)11(3,9)10/h3-7H,8-11H2,1-2H3;5-7H2,1-4H3;5-6H2,1-4H3;4-6H2,1-3H3;5-6H2,1-4H3;9H,4-6H2,1-3H3;4-6H2,1-3H3;4-6H2,1-3H3;4-5H2,1-3H3. The van der Waals surface area contributed by atoms with E-state index in [1.165, 1.54) is 140 Å². The molecule has 0 aliphatic carbocycles. The van der Waals surface area contributed by atoms with Crippen LogP contribution < -0.4 is 4.72 Å². The Morgan fingerprint density at radius 1 is 0.358 bits per heavy atom. The first-order valence-corrected chi connectivity index (χ1v) is 44.5. The molecule has 0 saturated carbocycles. The number of hydrogen-bond donors (Lipinski definition) is 1. The topological polar surface area (TPSA) is 239 Å². The molecule has 0 radical (unpaired) electrons. The van der Waals surface area contributed by atoms with E-state index in [1.54, 1.807) is 81.3 Å². The summed E-state index contributed by atoms with van der Waals surface area (Å²) in [5, 5.41) is 0. The van der Waals surface area contributed by atoms with Crippen molar-refractivity contribution in [2.45, 2.75) is 177 Å². The third kappa shape index (κ3) is 34.3. The molecule has 1 aromatic carbocycles. The van der Waals surface area contributed by atoms with E-state index < -0.39 is 40.5 Å². The van der Waals surface area contributed by atoms with Crippen LogP contribution in [-0.2, 0) is 51.8 Å². The molecular weight excluding hydrogens is 1460 g/mol. The van der Waals surface area contributed by atoms with Crippen LogP contribution in [-0.4, -0.2) is 294 Å². The number of hydrogen-bond acceptors (Lipinski definition) is 13. The van der Waals surface area contributed by atoms with Crippen molar-refractivity contribution < 1.29 is 48.1 Å². The Balaban J connectivity index is 0.000000417. The maximum Gasteiger partial charge on any atom is 0.320 e. The van der Waals surface area contributed by atoms with Gasteiger partial charge in [0.25, 0.3) is 20.4 Å². The lowest BCUT2D eigenvalue weighted by Gasteiger charge is -2.30. The number of nitrogens with zero attached hydrogens (tertiary/aromatic N) is 12. The van der Waals surface area contributed by atoms with Crippen LogP contribution in [0.2, 0.25) is 0 Å². The summed E-state index contributed by atoms with van der Waals surface area (Å²) < 4.78 is 100.0. The van der Waals surface area contributed by atoms with Gasteiger partial charge in [0.15, 0.2) is 0 Å². The van der Waals surface area contributed by atoms with Gasteiger partial charge in [0.1, 0.15) is 0 Å². The second-order valence-corrected chi connectivity index (χ2v) is 39.8. The highest BCUT2D eigenvalue weighted by molar-refractivity contribution is 7.88. The Kier molecular flexibility index (Phi) is 41.9. The summed E-state index contributed by atoms with van der Waals surface area (Å²) in [6, 6.07) is 11.0. The fraction of sp³-hybridized carbons (Fsp3) is 0.667. The SMILES string of the molecule is CC(=O)N1CCC(C)=C(C)C1.CC1=C(C)CN(C(=O)N(C)C)C1.CC1=C(C)CN(C(=O)N(C)C)CC1.CC1=C(C)CN(C)CC1.CC1=C(C)CN(Cc2ccccc2)CC1.CC1=C(C)CN(S(=O)(=O)N(C)C)C1.CC1=C(C)CN(S(C)(=O)=O)C1.CC1=C(C)CN(S(C)(=O)=O)CC1.CNS(=O)(=O)N1CCC(C)=C(C)C1. The van der Waals surface area contributed by atoms with Gasteiger partial charge in [-0.1, -0.05) is 131 Å². The largest absolute Gasteiger partial charge is 0.339 e. The van der Waals surface area contributed by atoms with Crippen molar-refractivity contribution in [3.05, 3.63) is 136 Å². The molecule has 622 valence electrons. The lowest BCUT2D eigenvalue weighted by atomic mass is 10.0. The van der Waals surface area contributed by atoms with Gasteiger partial charge in [0, 0.05) is 181 Å². The van der Waals surface area contributed by atoms with Crippen molar-refractivity contribution in [1.29, 1.82) is 0 Å². The molecule has 9 aliphatic heterocycles. The second kappa shape index (κ2) is 45.9. The van der Waals surface area contributed by atoms with Crippen molar-refractivity contribution in [2.75, 3.05) is 187 Å². The quantitative estimate of drug-likeness (QED) is 0.239. The van der Waals surface area contributed by atoms with Crippen LogP contribution in [0.3, 0.4) is 0 Å². The molecule has 24 nitrogen and oxygen atoms in total. The van der Waals surface area contributed by atoms with Gasteiger partial charge >= 0.3 is 12.1 Å². The van der Waals surface area contributed by atoms with E-state index in [9.17, 15) is 48.1 Å². The number of nitrogens with one attached hydrogen (secondary N) is 1. The van der Waals surface area contributed by atoms with Crippen LogP contribution >= 0.6 is 0 Å². The number of likely N-dealkylation sites (N-methyl/N-ethyl adjacent to an activating group) is 1. The number of carbonyl (C=O) groups excluding carboxylic acids is 3. The Morgan fingerprint density at radius 3 is 1.01 bits per heavy atom. The highest BCUT2D eigenvalue weighted by atomic mass is 32.2. The lowest BCUT2D eigenvalue weighted by Crippen LogP contribution is -2.42. The Labute approximate surface area is 662 Å². The van der Waals surface area contributed by atoms with Gasteiger partial charge in [-0.25, -0.2) is 31.1 Å². The number of carbonyl (C=O) groups is 3. The molecule has 0 bridgehead atoms. The van der Waals surface area contributed by atoms with Gasteiger partial charge in [-0.2, -0.15) is 38.4 Å². The number of rotatable bonds is 8. The summed E-state index contributed by atoms with van der Waals surface area (Å²) >= 11 is 0. The van der Waals surface area contributed by atoms with E-state index >= 15 is 0 Å². The van der Waals surface area contributed by atoms with E-state index in [2.05, 4.69) is 135 Å².